The maximum Gasteiger partial charge on any atom is 0.303 e. The van der Waals surface area contributed by atoms with E-state index in [1.807, 2.05) is 6.20 Å². The van der Waals surface area contributed by atoms with Crippen LogP contribution in [0, 0.1) is 0 Å². The lowest BCUT2D eigenvalue weighted by molar-refractivity contribution is -0.137. The van der Waals surface area contributed by atoms with E-state index in [1.165, 1.54) is 0 Å². The fourth-order valence-corrected chi connectivity index (χ4v) is 1.60. The Morgan fingerprint density at radius 2 is 2.33 bits per heavy atom. The van der Waals surface area contributed by atoms with Gasteiger partial charge in [-0.2, -0.15) is 0 Å². The van der Waals surface area contributed by atoms with E-state index in [4.69, 9.17) is 9.63 Å². The van der Waals surface area contributed by atoms with E-state index in [1.54, 1.807) is 16.9 Å². The van der Waals surface area contributed by atoms with E-state index < -0.39 is 5.97 Å². The number of aryl methyl sites for hydroxylation is 1. The molecule has 0 fully saturated rings. The first-order chi connectivity index (χ1) is 8.74. The van der Waals surface area contributed by atoms with Gasteiger partial charge in [-0.1, -0.05) is 10.4 Å². The smallest absolute Gasteiger partial charge is 0.303 e. The van der Waals surface area contributed by atoms with Crippen molar-refractivity contribution in [3.05, 3.63) is 29.9 Å². The third-order valence-corrected chi connectivity index (χ3v) is 2.47. The number of nitrogens with zero attached hydrogens (tertiary/aromatic N) is 4. The Bertz CT molecular complexity index is 492. The Hall–Kier alpha value is -2.18. The van der Waals surface area contributed by atoms with Gasteiger partial charge in [-0.05, 0) is 19.3 Å². The molecule has 0 aromatic carbocycles. The highest BCUT2D eigenvalue weighted by atomic mass is 16.5. The van der Waals surface area contributed by atoms with Crippen molar-refractivity contribution in [1.29, 1.82) is 0 Å². The zero-order valence-corrected chi connectivity index (χ0v) is 9.82. The highest BCUT2D eigenvalue weighted by Gasteiger charge is 2.04. The van der Waals surface area contributed by atoms with Crippen molar-refractivity contribution in [3.8, 4) is 0 Å². The van der Waals surface area contributed by atoms with Crippen molar-refractivity contribution >= 4 is 5.97 Å². The van der Waals surface area contributed by atoms with Crippen molar-refractivity contribution in [3.63, 3.8) is 0 Å². The lowest BCUT2D eigenvalue weighted by Gasteiger charge is -1.95. The van der Waals surface area contributed by atoms with Gasteiger partial charge in [0.05, 0.1) is 11.9 Å². The van der Waals surface area contributed by atoms with E-state index in [-0.39, 0.29) is 6.42 Å². The molecule has 0 saturated heterocycles. The minimum Gasteiger partial charge on any atom is -0.481 e. The maximum absolute atomic E-state index is 10.3. The lowest BCUT2D eigenvalue weighted by Crippen LogP contribution is -1.98. The zero-order chi connectivity index (χ0) is 12.8. The number of carboxylic acids is 1. The van der Waals surface area contributed by atoms with E-state index >= 15 is 0 Å². The fourth-order valence-electron chi connectivity index (χ4n) is 1.60. The normalized spacial score (nSPS) is 10.7. The number of carboxylic acid groups (broad SMARTS) is 1. The summed E-state index contributed by atoms with van der Waals surface area (Å²) in [5, 5.41) is 20.1. The van der Waals surface area contributed by atoms with Crippen molar-refractivity contribution in [2.45, 2.75) is 32.2 Å². The summed E-state index contributed by atoms with van der Waals surface area (Å²) in [6.45, 7) is 0.502. The second-order valence-corrected chi connectivity index (χ2v) is 3.99. The lowest BCUT2D eigenvalue weighted by atomic mass is 10.1. The molecule has 0 spiro atoms. The number of unbranched alkanes of at least 4 members (excludes halogenated alkanes) is 1. The number of hydrogen-bond donors (Lipinski definition) is 1. The summed E-state index contributed by atoms with van der Waals surface area (Å²) in [6, 6.07) is 1.77. The second kappa shape index (κ2) is 5.95. The van der Waals surface area contributed by atoms with Crippen molar-refractivity contribution in [1.82, 2.24) is 20.2 Å². The summed E-state index contributed by atoms with van der Waals surface area (Å²) in [4.78, 5) is 10.3. The summed E-state index contributed by atoms with van der Waals surface area (Å²) < 4.78 is 6.64. The van der Waals surface area contributed by atoms with Gasteiger partial charge in [-0.25, -0.2) is 4.68 Å². The summed E-state index contributed by atoms with van der Waals surface area (Å²) in [5.41, 5.74) is 0.861. The molecule has 0 saturated carbocycles. The van der Waals surface area contributed by atoms with Gasteiger partial charge in [0.25, 0.3) is 0 Å². The first kappa shape index (κ1) is 12.3. The second-order valence-electron chi connectivity index (χ2n) is 3.99. The molecule has 0 aliphatic heterocycles. The first-order valence-corrected chi connectivity index (χ1v) is 5.74. The molecule has 0 bridgehead atoms. The minimum absolute atomic E-state index is 0.201. The molecule has 0 unspecified atom stereocenters. The average Bonchev–Trinajstić information content (AvgIpc) is 2.97. The quantitative estimate of drug-likeness (QED) is 0.740. The Kier molecular flexibility index (Phi) is 4.06. The van der Waals surface area contributed by atoms with Crippen LogP contribution in [-0.2, 0) is 17.8 Å². The van der Waals surface area contributed by atoms with Crippen LogP contribution in [0.5, 0.6) is 0 Å². The van der Waals surface area contributed by atoms with Crippen molar-refractivity contribution < 1.29 is 14.4 Å². The van der Waals surface area contributed by atoms with E-state index in [0.717, 1.165) is 24.3 Å². The molecule has 0 atom stereocenters. The Morgan fingerprint density at radius 3 is 3.06 bits per heavy atom. The number of hydrogen-bond acceptors (Lipinski definition) is 5. The Balaban J connectivity index is 1.77. The van der Waals surface area contributed by atoms with Crippen LogP contribution in [0.15, 0.2) is 23.0 Å². The summed E-state index contributed by atoms with van der Waals surface area (Å²) in [6.07, 6.45) is 5.82. The van der Waals surface area contributed by atoms with Crippen LogP contribution in [0.25, 0.3) is 0 Å². The van der Waals surface area contributed by atoms with Crippen molar-refractivity contribution in [2.24, 2.45) is 0 Å². The van der Waals surface area contributed by atoms with Crippen LogP contribution in [-0.4, -0.2) is 31.2 Å². The molecule has 96 valence electrons. The molecule has 7 nitrogen and oxygen atoms in total. The SMILES string of the molecule is O=C(O)CCCCc1cn(Cc2ccno2)nn1. The Labute approximate surface area is 103 Å². The third kappa shape index (κ3) is 3.69. The van der Waals surface area contributed by atoms with Gasteiger partial charge < -0.3 is 9.63 Å². The fraction of sp³-hybridized carbons (Fsp3) is 0.455. The molecular formula is C11H14N4O3. The molecule has 0 amide bonds. The van der Waals surface area contributed by atoms with Crippen LogP contribution >= 0.6 is 0 Å². The number of aliphatic carboxylic acids is 1. The molecule has 2 rings (SSSR count). The predicted molar refractivity (Wildman–Crippen MR) is 60.8 cm³/mol. The van der Waals surface area contributed by atoms with Crippen molar-refractivity contribution in [2.75, 3.05) is 0 Å². The van der Waals surface area contributed by atoms with Crippen LogP contribution < -0.4 is 0 Å². The van der Waals surface area contributed by atoms with Gasteiger partial charge in [-0.15, -0.1) is 5.10 Å². The number of rotatable bonds is 7. The molecule has 1 N–H and O–H groups in total. The molecule has 18 heavy (non-hydrogen) atoms. The monoisotopic (exact) mass is 250 g/mol. The van der Waals surface area contributed by atoms with Crippen LogP contribution in [0.3, 0.4) is 0 Å². The van der Waals surface area contributed by atoms with Gasteiger partial charge >= 0.3 is 5.97 Å². The molecular weight excluding hydrogens is 236 g/mol. The summed E-state index contributed by atoms with van der Waals surface area (Å²) in [5.74, 6) is -0.0405. The first-order valence-electron chi connectivity index (χ1n) is 5.74. The zero-order valence-electron chi connectivity index (χ0n) is 9.82. The molecule has 2 heterocycles. The van der Waals surface area contributed by atoms with Crippen LogP contribution in [0.4, 0.5) is 0 Å². The number of carbonyl (C=O) groups is 1. The molecule has 0 aliphatic rings. The molecule has 2 aromatic rings. The van der Waals surface area contributed by atoms with Gasteiger partial charge in [0.1, 0.15) is 6.54 Å². The van der Waals surface area contributed by atoms with Gasteiger partial charge in [0.2, 0.25) is 0 Å². The molecule has 7 heteroatoms. The van der Waals surface area contributed by atoms with E-state index in [9.17, 15) is 4.79 Å². The molecule has 2 aromatic heterocycles. The molecule has 0 radical (unpaired) electrons. The topological polar surface area (TPSA) is 94.0 Å². The largest absolute Gasteiger partial charge is 0.481 e. The van der Waals surface area contributed by atoms with Crippen LogP contribution in [0.2, 0.25) is 0 Å². The Morgan fingerprint density at radius 1 is 1.44 bits per heavy atom. The molecule has 0 aliphatic carbocycles. The maximum atomic E-state index is 10.3. The summed E-state index contributed by atoms with van der Waals surface area (Å²) >= 11 is 0. The highest BCUT2D eigenvalue weighted by molar-refractivity contribution is 5.66. The highest BCUT2D eigenvalue weighted by Crippen LogP contribution is 2.05. The third-order valence-electron chi connectivity index (χ3n) is 2.47. The van der Waals surface area contributed by atoms with Crippen LogP contribution in [0.1, 0.15) is 30.7 Å². The summed E-state index contributed by atoms with van der Waals surface area (Å²) in [7, 11) is 0. The van der Waals surface area contributed by atoms with E-state index in [2.05, 4.69) is 15.5 Å². The van der Waals surface area contributed by atoms with E-state index in [0.29, 0.717) is 13.0 Å². The van der Waals surface area contributed by atoms with Gasteiger partial charge in [0, 0.05) is 18.7 Å². The predicted octanol–water partition coefficient (Wildman–Crippen LogP) is 1.11. The van der Waals surface area contributed by atoms with Gasteiger partial charge in [-0.3, -0.25) is 4.79 Å². The average molecular weight is 250 g/mol. The standard InChI is InChI=1S/C11H14N4O3/c16-11(17)4-2-1-3-9-7-15(14-13-9)8-10-5-6-12-18-10/h5-7H,1-4,8H2,(H,16,17). The van der Waals surface area contributed by atoms with Gasteiger partial charge in [0.15, 0.2) is 5.76 Å². The number of aromatic nitrogens is 4. The minimum atomic E-state index is -0.760.